The Morgan fingerprint density at radius 3 is 2.31 bits per heavy atom. The predicted molar refractivity (Wildman–Crippen MR) is 65.3 cm³/mol. The van der Waals surface area contributed by atoms with Crippen LogP contribution in [0.4, 0.5) is 5.95 Å². The SMILES string of the molecule is Cc1cnc(N(C)Cc2ccccc2)nc1. The van der Waals surface area contributed by atoms with Crippen molar-refractivity contribution in [1.29, 1.82) is 0 Å². The second-order valence-corrected chi connectivity index (χ2v) is 3.90. The van der Waals surface area contributed by atoms with E-state index in [-0.39, 0.29) is 0 Å². The Morgan fingerprint density at radius 2 is 1.69 bits per heavy atom. The van der Waals surface area contributed by atoms with Gasteiger partial charge in [-0.25, -0.2) is 9.97 Å². The van der Waals surface area contributed by atoms with Crippen molar-refractivity contribution in [2.45, 2.75) is 13.5 Å². The van der Waals surface area contributed by atoms with Gasteiger partial charge < -0.3 is 4.90 Å². The highest BCUT2D eigenvalue weighted by molar-refractivity contribution is 5.30. The normalized spacial score (nSPS) is 10.1. The van der Waals surface area contributed by atoms with Gasteiger partial charge in [0.2, 0.25) is 5.95 Å². The summed E-state index contributed by atoms with van der Waals surface area (Å²) in [6.07, 6.45) is 3.67. The molecule has 3 nitrogen and oxygen atoms in total. The van der Waals surface area contributed by atoms with Crippen LogP contribution in [0.15, 0.2) is 42.7 Å². The molecule has 3 heteroatoms. The average Bonchev–Trinajstić information content (AvgIpc) is 2.31. The molecule has 0 amide bonds. The highest BCUT2D eigenvalue weighted by Crippen LogP contribution is 2.09. The first-order valence-electron chi connectivity index (χ1n) is 5.29. The first-order valence-corrected chi connectivity index (χ1v) is 5.29. The molecule has 1 aromatic heterocycles. The highest BCUT2D eigenvalue weighted by Gasteiger charge is 2.03. The standard InChI is InChI=1S/C13H15N3/c1-11-8-14-13(15-9-11)16(2)10-12-6-4-3-5-7-12/h3-9H,10H2,1-2H3. The van der Waals surface area contributed by atoms with E-state index in [0.717, 1.165) is 18.1 Å². The van der Waals surface area contributed by atoms with Gasteiger partial charge in [0.1, 0.15) is 0 Å². The third kappa shape index (κ3) is 2.57. The van der Waals surface area contributed by atoms with Crippen LogP contribution < -0.4 is 4.90 Å². The van der Waals surface area contributed by atoms with Gasteiger partial charge in [0, 0.05) is 26.0 Å². The van der Waals surface area contributed by atoms with E-state index in [9.17, 15) is 0 Å². The van der Waals surface area contributed by atoms with Crippen LogP contribution in [0.5, 0.6) is 0 Å². The van der Waals surface area contributed by atoms with Crippen LogP contribution in [0.2, 0.25) is 0 Å². The van der Waals surface area contributed by atoms with Crippen molar-refractivity contribution in [3.63, 3.8) is 0 Å². The van der Waals surface area contributed by atoms with Crippen molar-refractivity contribution in [2.75, 3.05) is 11.9 Å². The number of hydrogen-bond donors (Lipinski definition) is 0. The molecule has 82 valence electrons. The number of rotatable bonds is 3. The number of aryl methyl sites for hydroxylation is 1. The van der Waals surface area contributed by atoms with Crippen LogP contribution in [-0.2, 0) is 6.54 Å². The van der Waals surface area contributed by atoms with Crippen LogP contribution in [0.25, 0.3) is 0 Å². The average molecular weight is 213 g/mol. The zero-order chi connectivity index (χ0) is 11.4. The lowest BCUT2D eigenvalue weighted by Gasteiger charge is -2.16. The minimum Gasteiger partial charge on any atom is -0.340 e. The van der Waals surface area contributed by atoms with Gasteiger partial charge in [0.15, 0.2) is 0 Å². The summed E-state index contributed by atoms with van der Waals surface area (Å²) in [6.45, 7) is 2.81. The lowest BCUT2D eigenvalue weighted by atomic mass is 10.2. The zero-order valence-corrected chi connectivity index (χ0v) is 9.59. The molecule has 0 aliphatic heterocycles. The molecule has 2 aromatic rings. The van der Waals surface area contributed by atoms with Crippen LogP contribution in [0.3, 0.4) is 0 Å². The number of aromatic nitrogens is 2. The molecule has 0 aliphatic rings. The minimum absolute atomic E-state index is 0.759. The van der Waals surface area contributed by atoms with Gasteiger partial charge in [-0.3, -0.25) is 0 Å². The third-order valence-corrected chi connectivity index (χ3v) is 2.37. The number of hydrogen-bond acceptors (Lipinski definition) is 3. The van der Waals surface area contributed by atoms with Gasteiger partial charge >= 0.3 is 0 Å². The monoisotopic (exact) mass is 213 g/mol. The molecule has 0 bridgehead atoms. The summed E-state index contributed by atoms with van der Waals surface area (Å²) in [5, 5.41) is 0. The molecule has 2 rings (SSSR count). The molecule has 0 fully saturated rings. The Bertz CT molecular complexity index is 436. The Kier molecular flexibility index (Phi) is 3.15. The van der Waals surface area contributed by atoms with Crippen molar-refractivity contribution >= 4 is 5.95 Å². The lowest BCUT2D eigenvalue weighted by Crippen LogP contribution is -2.18. The number of anilines is 1. The Balaban J connectivity index is 2.09. The molecule has 0 unspecified atom stereocenters. The summed E-state index contributed by atoms with van der Waals surface area (Å²) in [7, 11) is 2.00. The number of benzene rings is 1. The summed E-state index contributed by atoms with van der Waals surface area (Å²) >= 11 is 0. The van der Waals surface area contributed by atoms with Crippen molar-refractivity contribution in [1.82, 2.24) is 9.97 Å². The smallest absolute Gasteiger partial charge is 0.225 e. The molecule has 0 saturated heterocycles. The first-order chi connectivity index (χ1) is 7.75. The maximum absolute atomic E-state index is 4.29. The highest BCUT2D eigenvalue weighted by atomic mass is 15.2. The Hall–Kier alpha value is -1.90. The van der Waals surface area contributed by atoms with E-state index in [0.29, 0.717) is 0 Å². The van der Waals surface area contributed by atoms with Crippen LogP contribution in [0.1, 0.15) is 11.1 Å². The second-order valence-electron chi connectivity index (χ2n) is 3.90. The zero-order valence-electron chi connectivity index (χ0n) is 9.59. The molecule has 0 aliphatic carbocycles. The Labute approximate surface area is 95.8 Å². The van der Waals surface area contributed by atoms with E-state index in [1.54, 1.807) is 0 Å². The molecular weight excluding hydrogens is 198 g/mol. The fraction of sp³-hybridized carbons (Fsp3) is 0.231. The van der Waals surface area contributed by atoms with Crippen LogP contribution in [0, 0.1) is 6.92 Å². The van der Waals surface area contributed by atoms with Crippen molar-refractivity contribution in [3.05, 3.63) is 53.9 Å². The number of nitrogens with zero attached hydrogens (tertiary/aromatic N) is 3. The fourth-order valence-electron chi connectivity index (χ4n) is 1.51. The van der Waals surface area contributed by atoms with E-state index >= 15 is 0 Å². The Morgan fingerprint density at radius 1 is 1.06 bits per heavy atom. The summed E-state index contributed by atoms with van der Waals surface area (Å²) in [4.78, 5) is 10.6. The van der Waals surface area contributed by atoms with Gasteiger partial charge in [-0.05, 0) is 18.1 Å². The third-order valence-electron chi connectivity index (χ3n) is 2.37. The molecule has 1 aromatic carbocycles. The first kappa shape index (κ1) is 10.6. The fourth-order valence-corrected chi connectivity index (χ4v) is 1.51. The van der Waals surface area contributed by atoms with Crippen molar-refractivity contribution in [2.24, 2.45) is 0 Å². The summed E-state index contributed by atoms with van der Waals surface area (Å²) < 4.78 is 0. The van der Waals surface area contributed by atoms with Crippen LogP contribution in [-0.4, -0.2) is 17.0 Å². The van der Waals surface area contributed by atoms with E-state index in [1.165, 1.54) is 5.56 Å². The van der Waals surface area contributed by atoms with Gasteiger partial charge in [-0.15, -0.1) is 0 Å². The van der Waals surface area contributed by atoms with E-state index in [1.807, 2.05) is 49.5 Å². The molecular formula is C13H15N3. The lowest BCUT2D eigenvalue weighted by molar-refractivity contribution is 0.863. The minimum atomic E-state index is 0.759. The van der Waals surface area contributed by atoms with E-state index in [4.69, 9.17) is 0 Å². The summed E-state index contributed by atoms with van der Waals surface area (Å²) in [5.41, 5.74) is 2.34. The van der Waals surface area contributed by atoms with Gasteiger partial charge in [0.05, 0.1) is 0 Å². The maximum Gasteiger partial charge on any atom is 0.225 e. The molecule has 0 N–H and O–H groups in total. The second kappa shape index (κ2) is 4.75. The van der Waals surface area contributed by atoms with E-state index in [2.05, 4.69) is 22.1 Å². The predicted octanol–water partition coefficient (Wildman–Crippen LogP) is 2.42. The van der Waals surface area contributed by atoms with Gasteiger partial charge in [0.25, 0.3) is 0 Å². The largest absolute Gasteiger partial charge is 0.340 e. The molecule has 0 saturated carbocycles. The van der Waals surface area contributed by atoms with Crippen molar-refractivity contribution < 1.29 is 0 Å². The quantitative estimate of drug-likeness (QED) is 0.784. The summed E-state index contributed by atoms with van der Waals surface area (Å²) in [5.74, 6) is 0.759. The van der Waals surface area contributed by atoms with Crippen LogP contribution >= 0.6 is 0 Å². The maximum atomic E-state index is 4.29. The van der Waals surface area contributed by atoms with Gasteiger partial charge in [-0.1, -0.05) is 30.3 Å². The van der Waals surface area contributed by atoms with Gasteiger partial charge in [-0.2, -0.15) is 0 Å². The molecule has 0 spiro atoms. The topological polar surface area (TPSA) is 29.0 Å². The molecule has 1 heterocycles. The van der Waals surface area contributed by atoms with E-state index < -0.39 is 0 Å². The van der Waals surface area contributed by atoms with Crippen molar-refractivity contribution in [3.8, 4) is 0 Å². The molecule has 0 radical (unpaired) electrons. The molecule has 16 heavy (non-hydrogen) atoms. The molecule has 0 atom stereocenters. The summed E-state index contributed by atoms with van der Waals surface area (Å²) in [6, 6.07) is 10.3.